The SMILES string of the molecule is Cc1nnc(-c2ccc(OC3CCN(C4CCN(c5ncc(Cl)cn5)CC4)C3=O)c(F)c2)o1. The maximum Gasteiger partial charge on any atom is 0.263 e. The fourth-order valence-electron chi connectivity index (χ4n) is 4.29. The van der Waals surface area contributed by atoms with Crippen LogP contribution in [0, 0.1) is 12.7 Å². The number of amides is 1. The van der Waals surface area contributed by atoms with Crippen molar-refractivity contribution >= 4 is 23.5 Å². The van der Waals surface area contributed by atoms with E-state index in [9.17, 15) is 9.18 Å². The first-order chi connectivity index (χ1) is 16.0. The molecule has 2 saturated heterocycles. The summed E-state index contributed by atoms with van der Waals surface area (Å²) in [4.78, 5) is 25.5. The molecule has 0 N–H and O–H groups in total. The van der Waals surface area contributed by atoms with Crippen LogP contribution in [0.1, 0.15) is 25.2 Å². The van der Waals surface area contributed by atoms with Crippen LogP contribution in [0.5, 0.6) is 5.75 Å². The van der Waals surface area contributed by atoms with Gasteiger partial charge in [-0.1, -0.05) is 11.6 Å². The summed E-state index contributed by atoms with van der Waals surface area (Å²) in [6, 6.07) is 4.51. The van der Waals surface area contributed by atoms with E-state index in [1.165, 1.54) is 12.1 Å². The minimum Gasteiger partial charge on any atom is -0.477 e. The second-order valence-electron chi connectivity index (χ2n) is 8.12. The third kappa shape index (κ3) is 4.47. The van der Waals surface area contributed by atoms with Crippen LogP contribution in [0.2, 0.25) is 5.02 Å². The Morgan fingerprint density at radius 2 is 1.88 bits per heavy atom. The highest BCUT2D eigenvalue weighted by molar-refractivity contribution is 6.30. The summed E-state index contributed by atoms with van der Waals surface area (Å²) in [7, 11) is 0. The monoisotopic (exact) mass is 472 g/mol. The summed E-state index contributed by atoms with van der Waals surface area (Å²) in [6.07, 6.45) is 4.58. The normalized spacial score (nSPS) is 19.4. The van der Waals surface area contributed by atoms with Gasteiger partial charge in [-0.05, 0) is 31.0 Å². The van der Waals surface area contributed by atoms with Crippen molar-refractivity contribution in [1.29, 1.82) is 0 Å². The molecule has 0 saturated carbocycles. The maximum absolute atomic E-state index is 14.6. The Bertz CT molecular complexity index is 1150. The minimum atomic E-state index is -0.700. The molecular formula is C22H22ClFN6O3. The Morgan fingerprint density at radius 3 is 2.55 bits per heavy atom. The lowest BCUT2D eigenvalue weighted by atomic mass is 10.0. The molecular weight excluding hydrogens is 451 g/mol. The van der Waals surface area contributed by atoms with Crippen LogP contribution >= 0.6 is 11.6 Å². The Hall–Kier alpha value is -3.27. The Labute approximate surface area is 194 Å². The molecule has 9 nitrogen and oxygen atoms in total. The lowest BCUT2D eigenvalue weighted by molar-refractivity contribution is -0.135. The smallest absolute Gasteiger partial charge is 0.263 e. The highest BCUT2D eigenvalue weighted by Crippen LogP contribution is 2.29. The van der Waals surface area contributed by atoms with Gasteiger partial charge in [0.05, 0.1) is 17.4 Å². The van der Waals surface area contributed by atoms with Crippen LogP contribution in [0.25, 0.3) is 11.5 Å². The molecule has 3 aromatic rings. The average Bonchev–Trinajstić information content (AvgIpc) is 3.41. The first-order valence-corrected chi connectivity index (χ1v) is 11.2. The van der Waals surface area contributed by atoms with Crippen LogP contribution in [0.4, 0.5) is 10.3 Å². The van der Waals surface area contributed by atoms with Gasteiger partial charge >= 0.3 is 0 Å². The number of hydrogen-bond acceptors (Lipinski definition) is 8. The van der Waals surface area contributed by atoms with Crippen molar-refractivity contribution in [3.8, 4) is 17.2 Å². The molecule has 0 aliphatic carbocycles. The molecule has 172 valence electrons. The number of carbonyl (C=O) groups excluding carboxylic acids is 1. The van der Waals surface area contributed by atoms with E-state index in [1.54, 1.807) is 25.4 Å². The van der Waals surface area contributed by atoms with Gasteiger partial charge in [-0.25, -0.2) is 14.4 Å². The van der Waals surface area contributed by atoms with E-state index in [4.69, 9.17) is 20.8 Å². The summed E-state index contributed by atoms with van der Waals surface area (Å²) in [5, 5.41) is 8.14. The van der Waals surface area contributed by atoms with Gasteiger partial charge in [0.2, 0.25) is 17.7 Å². The van der Waals surface area contributed by atoms with Crippen LogP contribution in [-0.2, 0) is 4.79 Å². The van der Waals surface area contributed by atoms with Gasteiger partial charge in [0.1, 0.15) is 0 Å². The largest absolute Gasteiger partial charge is 0.477 e. The molecule has 1 aromatic carbocycles. The predicted octanol–water partition coefficient (Wildman–Crippen LogP) is 3.28. The Kier molecular flexibility index (Phi) is 5.84. The van der Waals surface area contributed by atoms with E-state index in [0.717, 1.165) is 25.9 Å². The first kappa shape index (κ1) is 21.6. The predicted molar refractivity (Wildman–Crippen MR) is 117 cm³/mol. The topological polar surface area (TPSA) is 97.5 Å². The van der Waals surface area contributed by atoms with E-state index in [0.29, 0.717) is 35.4 Å². The van der Waals surface area contributed by atoms with Gasteiger partial charge in [0.15, 0.2) is 17.7 Å². The van der Waals surface area contributed by atoms with E-state index in [-0.39, 0.29) is 23.6 Å². The quantitative estimate of drug-likeness (QED) is 0.558. The van der Waals surface area contributed by atoms with Crippen molar-refractivity contribution < 1.29 is 18.3 Å². The summed E-state index contributed by atoms with van der Waals surface area (Å²) in [6.45, 7) is 3.74. The average molecular weight is 473 g/mol. The summed E-state index contributed by atoms with van der Waals surface area (Å²) in [5.41, 5.74) is 0.455. The van der Waals surface area contributed by atoms with Gasteiger partial charge in [0.25, 0.3) is 5.91 Å². The van der Waals surface area contributed by atoms with Crippen molar-refractivity contribution in [2.75, 3.05) is 24.5 Å². The number of piperidine rings is 1. The van der Waals surface area contributed by atoms with Crippen molar-refractivity contribution in [2.45, 2.75) is 38.3 Å². The molecule has 33 heavy (non-hydrogen) atoms. The molecule has 2 aliphatic heterocycles. The van der Waals surface area contributed by atoms with Crippen LogP contribution < -0.4 is 9.64 Å². The fraction of sp³-hybridized carbons (Fsp3) is 0.409. The second kappa shape index (κ2) is 8.93. The molecule has 1 unspecified atom stereocenters. The third-order valence-electron chi connectivity index (χ3n) is 5.96. The second-order valence-corrected chi connectivity index (χ2v) is 8.55. The zero-order valence-electron chi connectivity index (χ0n) is 17.9. The van der Waals surface area contributed by atoms with E-state index >= 15 is 0 Å². The summed E-state index contributed by atoms with van der Waals surface area (Å²) in [5.74, 6) is 0.620. The van der Waals surface area contributed by atoms with E-state index in [2.05, 4.69) is 25.1 Å². The number of nitrogens with zero attached hydrogens (tertiary/aromatic N) is 6. The number of benzene rings is 1. The molecule has 0 bridgehead atoms. The number of hydrogen-bond donors (Lipinski definition) is 0. The molecule has 0 radical (unpaired) electrons. The number of aromatic nitrogens is 4. The summed E-state index contributed by atoms with van der Waals surface area (Å²) < 4.78 is 25.7. The number of anilines is 1. The van der Waals surface area contributed by atoms with Crippen LogP contribution in [0.3, 0.4) is 0 Å². The number of aryl methyl sites for hydroxylation is 1. The molecule has 4 heterocycles. The van der Waals surface area contributed by atoms with Crippen molar-refractivity contribution in [2.24, 2.45) is 0 Å². The van der Waals surface area contributed by atoms with Crippen LogP contribution in [0.15, 0.2) is 35.0 Å². The van der Waals surface area contributed by atoms with Crippen LogP contribution in [-0.4, -0.2) is 62.8 Å². The van der Waals surface area contributed by atoms with Gasteiger partial charge in [-0.2, -0.15) is 0 Å². The molecule has 11 heteroatoms. The number of rotatable bonds is 5. The van der Waals surface area contributed by atoms with Gasteiger partial charge in [-0.3, -0.25) is 4.79 Å². The fourth-order valence-corrected chi connectivity index (χ4v) is 4.39. The van der Waals surface area contributed by atoms with Gasteiger partial charge in [-0.15, -0.1) is 10.2 Å². The zero-order valence-corrected chi connectivity index (χ0v) is 18.7. The number of carbonyl (C=O) groups is 1. The molecule has 1 amide bonds. The maximum atomic E-state index is 14.6. The van der Waals surface area contributed by atoms with Gasteiger partial charge < -0.3 is 19.0 Å². The Morgan fingerprint density at radius 1 is 1.12 bits per heavy atom. The number of likely N-dealkylation sites (tertiary alicyclic amines) is 1. The molecule has 0 spiro atoms. The molecule has 2 aromatic heterocycles. The number of halogens is 2. The first-order valence-electron chi connectivity index (χ1n) is 10.8. The van der Waals surface area contributed by atoms with E-state index < -0.39 is 11.9 Å². The lowest BCUT2D eigenvalue weighted by Gasteiger charge is -2.36. The lowest BCUT2D eigenvalue weighted by Crippen LogP contribution is -2.47. The highest BCUT2D eigenvalue weighted by Gasteiger charge is 2.39. The Balaban J connectivity index is 1.19. The minimum absolute atomic E-state index is 0.0323. The molecule has 1 atom stereocenters. The van der Waals surface area contributed by atoms with Crippen molar-refractivity contribution in [3.05, 3.63) is 47.3 Å². The molecule has 5 rings (SSSR count). The van der Waals surface area contributed by atoms with Crippen molar-refractivity contribution in [1.82, 2.24) is 25.1 Å². The van der Waals surface area contributed by atoms with E-state index in [1.807, 2.05) is 4.90 Å². The number of ether oxygens (including phenoxy) is 1. The van der Waals surface area contributed by atoms with Crippen molar-refractivity contribution in [3.63, 3.8) is 0 Å². The molecule has 2 fully saturated rings. The summed E-state index contributed by atoms with van der Waals surface area (Å²) >= 11 is 5.86. The zero-order chi connectivity index (χ0) is 22.9. The van der Waals surface area contributed by atoms with Gasteiger partial charge in [0, 0.05) is 44.6 Å². The standard InChI is InChI=1S/C22H22ClFN6O3/c1-13-27-28-20(32-13)14-2-3-18(17(24)10-14)33-19-6-9-30(21(19)31)16-4-7-29(8-5-16)22-25-11-15(23)12-26-22/h2-3,10-12,16,19H,4-9H2,1H3. The third-order valence-corrected chi connectivity index (χ3v) is 6.15. The highest BCUT2D eigenvalue weighted by atomic mass is 35.5. The molecule has 2 aliphatic rings.